The van der Waals surface area contributed by atoms with Crippen molar-refractivity contribution in [1.29, 1.82) is 0 Å². The lowest BCUT2D eigenvalue weighted by atomic mass is 10.1. The molecule has 2 aromatic rings. The number of thiazole rings is 1. The first-order chi connectivity index (χ1) is 10.2. The van der Waals surface area contributed by atoms with Crippen molar-refractivity contribution in [3.05, 3.63) is 47.0 Å². The van der Waals surface area contributed by atoms with Crippen LogP contribution in [0.4, 0.5) is 5.13 Å². The van der Waals surface area contributed by atoms with Gasteiger partial charge in [0.2, 0.25) is 0 Å². The number of benzene rings is 1. The minimum Gasteiger partial charge on any atom is -0.388 e. The van der Waals surface area contributed by atoms with E-state index >= 15 is 0 Å². The number of aliphatic hydroxyl groups is 1. The Labute approximate surface area is 134 Å². The third-order valence-electron chi connectivity index (χ3n) is 3.88. The second kappa shape index (κ2) is 6.81. The van der Waals surface area contributed by atoms with Crippen LogP contribution >= 0.6 is 23.1 Å². The highest BCUT2D eigenvalue weighted by Crippen LogP contribution is 2.29. The van der Waals surface area contributed by atoms with Gasteiger partial charge in [0.25, 0.3) is 0 Å². The van der Waals surface area contributed by atoms with Crippen molar-refractivity contribution in [2.45, 2.75) is 25.0 Å². The highest BCUT2D eigenvalue weighted by molar-refractivity contribution is 7.99. The van der Waals surface area contributed by atoms with Gasteiger partial charge in [-0.25, -0.2) is 4.98 Å². The van der Waals surface area contributed by atoms with Crippen LogP contribution in [0.25, 0.3) is 0 Å². The van der Waals surface area contributed by atoms with E-state index in [0.717, 1.165) is 16.4 Å². The molecule has 0 spiro atoms. The Hall–Kier alpha value is -1.04. The number of hydrogen-bond acceptors (Lipinski definition) is 5. The first-order valence-corrected chi connectivity index (χ1v) is 9.25. The maximum absolute atomic E-state index is 10.3. The second-order valence-electron chi connectivity index (χ2n) is 5.38. The molecular formula is C16H20N2OS2. The molecule has 5 heteroatoms. The van der Waals surface area contributed by atoms with Gasteiger partial charge < -0.3 is 10.0 Å². The van der Waals surface area contributed by atoms with E-state index < -0.39 is 6.10 Å². The quantitative estimate of drug-likeness (QED) is 0.916. The molecule has 1 saturated heterocycles. The minimum atomic E-state index is -0.478. The fourth-order valence-electron chi connectivity index (χ4n) is 2.53. The van der Waals surface area contributed by atoms with Crippen LogP contribution in [0.15, 0.2) is 35.7 Å². The molecule has 0 radical (unpaired) electrons. The van der Waals surface area contributed by atoms with E-state index in [1.54, 1.807) is 11.3 Å². The van der Waals surface area contributed by atoms with Crippen molar-refractivity contribution >= 4 is 28.2 Å². The van der Waals surface area contributed by atoms with E-state index in [9.17, 15) is 5.11 Å². The highest BCUT2D eigenvalue weighted by Gasteiger charge is 2.22. The maximum atomic E-state index is 10.3. The van der Waals surface area contributed by atoms with Crippen molar-refractivity contribution in [2.75, 3.05) is 23.5 Å². The summed E-state index contributed by atoms with van der Waals surface area (Å²) in [5, 5.41) is 13.4. The van der Waals surface area contributed by atoms with Crippen molar-refractivity contribution in [3.8, 4) is 0 Å². The summed E-state index contributed by atoms with van der Waals surface area (Å²) in [6.07, 6.45) is 1.34. The maximum Gasteiger partial charge on any atom is 0.185 e. The molecule has 0 aliphatic carbocycles. The zero-order valence-corrected chi connectivity index (χ0v) is 13.7. The van der Waals surface area contributed by atoms with Gasteiger partial charge >= 0.3 is 0 Å². The summed E-state index contributed by atoms with van der Waals surface area (Å²) in [5.41, 5.74) is 1.93. The summed E-state index contributed by atoms with van der Waals surface area (Å²) in [6, 6.07) is 10.4. The van der Waals surface area contributed by atoms with Gasteiger partial charge in [0.05, 0.1) is 11.8 Å². The molecule has 1 N–H and O–H groups in total. The Bertz CT molecular complexity index is 567. The predicted molar refractivity (Wildman–Crippen MR) is 91.4 cm³/mol. The zero-order valence-electron chi connectivity index (χ0n) is 12.1. The van der Waals surface area contributed by atoms with Crippen LogP contribution in [0.5, 0.6) is 0 Å². The number of hydrogen-bond donors (Lipinski definition) is 1. The van der Waals surface area contributed by atoms with Crippen LogP contribution < -0.4 is 4.90 Å². The van der Waals surface area contributed by atoms with Gasteiger partial charge in [-0.05, 0) is 17.7 Å². The Balaban J connectivity index is 1.65. The topological polar surface area (TPSA) is 36.4 Å². The SMILES string of the molecule is CN(c1nc(CC(O)c2ccccc2)cs1)C1CCSC1. The molecule has 0 bridgehead atoms. The fraction of sp³-hybridized carbons (Fsp3) is 0.438. The number of aliphatic hydroxyl groups excluding tert-OH is 1. The largest absolute Gasteiger partial charge is 0.388 e. The molecular weight excluding hydrogens is 300 g/mol. The first-order valence-electron chi connectivity index (χ1n) is 7.22. The smallest absolute Gasteiger partial charge is 0.185 e. The summed E-state index contributed by atoms with van der Waals surface area (Å²) in [7, 11) is 2.13. The molecule has 0 amide bonds. The van der Waals surface area contributed by atoms with E-state index in [2.05, 4.69) is 17.3 Å². The first kappa shape index (κ1) is 14.9. The molecule has 1 aromatic carbocycles. The highest BCUT2D eigenvalue weighted by atomic mass is 32.2. The third kappa shape index (κ3) is 3.59. The molecule has 2 atom stereocenters. The van der Waals surface area contributed by atoms with Crippen LogP contribution in [0, 0.1) is 0 Å². The Kier molecular flexibility index (Phi) is 4.83. The number of nitrogens with zero attached hydrogens (tertiary/aromatic N) is 2. The lowest BCUT2D eigenvalue weighted by molar-refractivity contribution is 0.177. The average Bonchev–Trinajstić information content (AvgIpc) is 3.19. The fourth-order valence-corrected chi connectivity index (χ4v) is 4.67. The number of anilines is 1. The van der Waals surface area contributed by atoms with E-state index in [1.807, 2.05) is 42.1 Å². The van der Waals surface area contributed by atoms with E-state index in [-0.39, 0.29) is 0 Å². The van der Waals surface area contributed by atoms with E-state index in [4.69, 9.17) is 4.98 Å². The predicted octanol–water partition coefficient (Wildman–Crippen LogP) is 3.36. The van der Waals surface area contributed by atoms with Gasteiger partial charge in [-0.15, -0.1) is 11.3 Å². The van der Waals surface area contributed by atoms with Gasteiger partial charge in [0.1, 0.15) is 0 Å². The minimum absolute atomic E-state index is 0.478. The lowest BCUT2D eigenvalue weighted by Crippen LogP contribution is -2.31. The lowest BCUT2D eigenvalue weighted by Gasteiger charge is -2.22. The summed E-state index contributed by atoms with van der Waals surface area (Å²) in [5.74, 6) is 2.44. The van der Waals surface area contributed by atoms with E-state index in [0.29, 0.717) is 12.5 Å². The summed E-state index contributed by atoms with van der Waals surface area (Å²) >= 11 is 3.69. The van der Waals surface area contributed by atoms with Crippen LogP contribution in [0.1, 0.15) is 23.8 Å². The number of aromatic nitrogens is 1. The number of rotatable bonds is 5. The van der Waals surface area contributed by atoms with Gasteiger partial charge in [0.15, 0.2) is 5.13 Å². The number of thioether (sulfide) groups is 1. The van der Waals surface area contributed by atoms with E-state index in [1.165, 1.54) is 17.9 Å². The van der Waals surface area contributed by atoms with Crippen LogP contribution in [0.2, 0.25) is 0 Å². The van der Waals surface area contributed by atoms with Crippen LogP contribution in [-0.2, 0) is 6.42 Å². The van der Waals surface area contributed by atoms with Crippen molar-refractivity contribution in [2.24, 2.45) is 0 Å². The molecule has 112 valence electrons. The summed E-state index contributed by atoms with van der Waals surface area (Å²) < 4.78 is 0. The molecule has 2 unspecified atom stereocenters. The Morgan fingerprint density at radius 2 is 2.19 bits per heavy atom. The molecule has 1 aromatic heterocycles. The van der Waals surface area contributed by atoms with Crippen molar-refractivity contribution in [1.82, 2.24) is 4.98 Å². The summed E-state index contributed by atoms with van der Waals surface area (Å²) in [4.78, 5) is 6.99. The standard InChI is InChI=1S/C16H20N2OS2/c1-18(14-7-8-20-11-14)16-17-13(10-21-16)9-15(19)12-5-3-2-4-6-12/h2-6,10,14-15,19H,7-9,11H2,1H3. The van der Waals surface area contributed by atoms with Crippen LogP contribution in [0.3, 0.4) is 0 Å². The summed E-state index contributed by atoms with van der Waals surface area (Å²) in [6.45, 7) is 0. The molecule has 1 aliphatic rings. The molecule has 2 heterocycles. The molecule has 1 aliphatic heterocycles. The normalized spacial score (nSPS) is 19.6. The van der Waals surface area contributed by atoms with Gasteiger partial charge in [0, 0.05) is 30.6 Å². The molecule has 21 heavy (non-hydrogen) atoms. The molecule has 3 nitrogen and oxygen atoms in total. The molecule has 1 fully saturated rings. The Morgan fingerprint density at radius 3 is 2.90 bits per heavy atom. The molecule has 0 saturated carbocycles. The average molecular weight is 320 g/mol. The molecule has 3 rings (SSSR count). The van der Waals surface area contributed by atoms with Gasteiger partial charge in [-0.3, -0.25) is 0 Å². The third-order valence-corrected chi connectivity index (χ3v) is 6.01. The zero-order chi connectivity index (χ0) is 14.7. The Morgan fingerprint density at radius 1 is 1.38 bits per heavy atom. The van der Waals surface area contributed by atoms with Gasteiger partial charge in [-0.1, -0.05) is 30.3 Å². The van der Waals surface area contributed by atoms with Crippen molar-refractivity contribution in [3.63, 3.8) is 0 Å². The van der Waals surface area contributed by atoms with Crippen molar-refractivity contribution < 1.29 is 5.11 Å². The second-order valence-corrected chi connectivity index (χ2v) is 7.37. The van der Waals surface area contributed by atoms with Crippen LogP contribution in [-0.4, -0.2) is 34.7 Å². The monoisotopic (exact) mass is 320 g/mol. The van der Waals surface area contributed by atoms with Gasteiger partial charge in [-0.2, -0.15) is 11.8 Å².